The molecule has 2 heterocycles. The summed E-state index contributed by atoms with van der Waals surface area (Å²) in [6, 6.07) is 5.03. The lowest BCUT2D eigenvalue weighted by Gasteiger charge is -2.39. The third-order valence-corrected chi connectivity index (χ3v) is 5.80. The first-order valence-corrected chi connectivity index (χ1v) is 9.71. The van der Waals surface area contributed by atoms with Gasteiger partial charge < -0.3 is 19.9 Å². The van der Waals surface area contributed by atoms with Crippen molar-refractivity contribution in [3.05, 3.63) is 45.1 Å². The van der Waals surface area contributed by atoms with E-state index in [1.165, 1.54) is 0 Å². The molecule has 0 bridgehead atoms. The number of rotatable bonds is 3. The molecule has 26 heavy (non-hydrogen) atoms. The van der Waals surface area contributed by atoms with Crippen LogP contribution in [0.3, 0.4) is 0 Å². The van der Waals surface area contributed by atoms with Gasteiger partial charge in [0.15, 0.2) is 5.11 Å². The van der Waals surface area contributed by atoms with Crippen molar-refractivity contribution >= 4 is 46.4 Å². The van der Waals surface area contributed by atoms with Crippen LogP contribution in [0.15, 0.2) is 29.5 Å². The Morgan fingerprint density at radius 2 is 2.00 bits per heavy atom. The second kappa shape index (κ2) is 8.13. The first-order chi connectivity index (χ1) is 12.4. The van der Waals surface area contributed by atoms with Crippen molar-refractivity contribution in [1.29, 1.82) is 0 Å². The summed E-state index contributed by atoms with van der Waals surface area (Å²) >= 11 is 17.8. The molecular formula is C18H21Cl2N3O2S. The molecule has 0 unspecified atom stereocenters. The number of allylic oxidation sites excluding steroid dienone is 1. The second-order valence-electron chi connectivity index (χ2n) is 6.20. The number of hydrogen-bond acceptors (Lipinski definition) is 3. The van der Waals surface area contributed by atoms with E-state index in [1.807, 2.05) is 29.7 Å². The van der Waals surface area contributed by atoms with E-state index in [4.69, 9.17) is 40.2 Å². The number of amides is 1. The van der Waals surface area contributed by atoms with Gasteiger partial charge in [0.25, 0.3) is 5.91 Å². The zero-order valence-electron chi connectivity index (χ0n) is 14.7. The van der Waals surface area contributed by atoms with Gasteiger partial charge in [0.1, 0.15) is 0 Å². The smallest absolute Gasteiger partial charge is 0.254 e. The number of carbonyl (C=O) groups is 1. The number of ether oxygens (including phenoxy) is 1. The molecule has 1 fully saturated rings. The summed E-state index contributed by atoms with van der Waals surface area (Å²) < 4.78 is 5.37. The van der Waals surface area contributed by atoms with Gasteiger partial charge in [0.05, 0.1) is 34.9 Å². The Kier molecular flexibility index (Phi) is 6.07. The minimum atomic E-state index is -0.365. The van der Waals surface area contributed by atoms with E-state index in [1.54, 1.807) is 12.1 Å². The lowest BCUT2D eigenvalue weighted by Crippen LogP contribution is -2.51. The van der Waals surface area contributed by atoms with E-state index in [-0.39, 0.29) is 11.9 Å². The molecule has 0 saturated carbocycles. The third kappa shape index (κ3) is 3.69. The van der Waals surface area contributed by atoms with Gasteiger partial charge in [-0.3, -0.25) is 4.79 Å². The van der Waals surface area contributed by atoms with Gasteiger partial charge in [-0.1, -0.05) is 29.3 Å². The molecule has 1 aromatic carbocycles. The van der Waals surface area contributed by atoms with Gasteiger partial charge in [0, 0.05) is 25.3 Å². The lowest BCUT2D eigenvalue weighted by molar-refractivity contribution is -0.131. The number of halogens is 2. The van der Waals surface area contributed by atoms with Crippen molar-refractivity contribution < 1.29 is 9.53 Å². The molecule has 1 amide bonds. The minimum absolute atomic E-state index is 0.00433. The fourth-order valence-corrected chi connectivity index (χ4v) is 4.01. The standard InChI is InChI=1S/C18H21Cl2N3O2S/c1-3-23-11(2)15(17(24)22-6-8-25-9-7-22)16(21-18(23)26)12-4-5-13(19)14(20)10-12/h4-5,10,16H,3,6-9H2,1-2H3,(H,21,26)/t16-/m1/s1. The van der Waals surface area contributed by atoms with E-state index in [9.17, 15) is 4.79 Å². The van der Waals surface area contributed by atoms with E-state index in [0.717, 1.165) is 11.3 Å². The third-order valence-electron chi connectivity index (χ3n) is 4.72. The summed E-state index contributed by atoms with van der Waals surface area (Å²) in [4.78, 5) is 17.1. The first-order valence-electron chi connectivity index (χ1n) is 8.54. The molecule has 8 heteroatoms. The number of benzene rings is 1. The maximum atomic E-state index is 13.3. The van der Waals surface area contributed by atoms with E-state index >= 15 is 0 Å². The Morgan fingerprint density at radius 3 is 2.62 bits per heavy atom. The Hall–Kier alpha value is -1.34. The fourth-order valence-electron chi connectivity index (χ4n) is 3.32. The van der Waals surface area contributed by atoms with Crippen molar-refractivity contribution in [3.8, 4) is 0 Å². The Morgan fingerprint density at radius 1 is 1.31 bits per heavy atom. The van der Waals surface area contributed by atoms with Gasteiger partial charge >= 0.3 is 0 Å². The largest absolute Gasteiger partial charge is 0.378 e. The SMILES string of the molecule is CCN1C(=S)N[C@H](c2ccc(Cl)c(Cl)c2)C(C(=O)N2CCOCC2)=C1C. The Balaban J connectivity index is 2.05. The first kappa shape index (κ1) is 19.4. The van der Waals surface area contributed by atoms with Gasteiger partial charge in [-0.15, -0.1) is 0 Å². The fraction of sp³-hybridized carbons (Fsp3) is 0.444. The van der Waals surface area contributed by atoms with Crippen LogP contribution >= 0.6 is 35.4 Å². The highest BCUT2D eigenvalue weighted by Crippen LogP contribution is 2.34. The average molecular weight is 414 g/mol. The highest BCUT2D eigenvalue weighted by molar-refractivity contribution is 7.80. The molecule has 1 atom stereocenters. The van der Waals surface area contributed by atoms with Crippen molar-refractivity contribution in [2.75, 3.05) is 32.8 Å². The van der Waals surface area contributed by atoms with Crippen molar-refractivity contribution in [3.63, 3.8) is 0 Å². The maximum absolute atomic E-state index is 13.3. The number of thiocarbonyl (C=S) groups is 1. The zero-order valence-corrected chi connectivity index (χ0v) is 17.0. The Labute approximate surface area is 168 Å². The molecule has 2 aliphatic heterocycles. The highest BCUT2D eigenvalue weighted by Gasteiger charge is 2.35. The normalized spacial score (nSPS) is 21.1. The molecule has 0 radical (unpaired) electrons. The van der Waals surface area contributed by atoms with Gasteiger partial charge in [-0.25, -0.2) is 0 Å². The second-order valence-corrected chi connectivity index (χ2v) is 7.41. The van der Waals surface area contributed by atoms with E-state index < -0.39 is 0 Å². The summed E-state index contributed by atoms with van der Waals surface area (Å²) in [6.45, 7) is 6.91. The van der Waals surface area contributed by atoms with Crippen LogP contribution in [0.2, 0.25) is 10.0 Å². The summed E-state index contributed by atoms with van der Waals surface area (Å²) in [5, 5.41) is 4.82. The van der Waals surface area contributed by atoms with Crippen molar-refractivity contribution in [2.24, 2.45) is 0 Å². The molecule has 0 aliphatic carbocycles. The highest BCUT2D eigenvalue weighted by atomic mass is 35.5. The molecule has 0 aromatic heterocycles. The van der Waals surface area contributed by atoms with Gasteiger partial charge in [0.2, 0.25) is 0 Å². The number of nitrogens with one attached hydrogen (secondary N) is 1. The lowest BCUT2D eigenvalue weighted by atomic mass is 9.93. The predicted octanol–water partition coefficient (Wildman–Crippen LogP) is 3.38. The molecule has 1 N–H and O–H groups in total. The molecule has 1 saturated heterocycles. The van der Waals surface area contributed by atoms with E-state index in [0.29, 0.717) is 53.6 Å². The van der Waals surface area contributed by atoms with Crippen LogP contribution in [-0.4, -0.2) is 53.7 Å². The van der Waals surface area contributed by atoms with Crippen LogP contribution in [0.5, 0.6) is 0 Å². The summed E-state index contributed by atoms with van der Waals surface area (Å²) in [5.74, 6) is -0.00433. The topological polar surface area (TPSA) is 44.8 Å². The molecule has 3 rings (SSSR count). The molecular weight excluding hydrogens is 393 g/mol. The summed E-state index contributed by atoms with van der Waals surface area (Å²) in [6.07, 6.45) is 0. The van der Waals surface area contributed by atoms with Crippen LogP contribution < -0.4 is 5.32 Å². The Bertz CT molecular complexity index is 763. The number of nitrogens with zero attached hydrogens (tertiary/aromatic N) is 2. The van der Waals surface area contributed by atoms with Gasteiger partial charge in [-0.2, -0.15) is 0 Å². The van der Waals surface area contributed by atoms with Crippen LogP contribution in [0.1, 0.15) is 25.5 Å². The monoisotopic (exact) mass is 413 g/mol. The summed E-state index contributed by atoms with van der Waals surface area (Å²) in [7, 11) is 0. The predicted molar refractivity (Wildman–Crippen MR) is 107 cm³/mol. The number of hydrogen-bond donors (Lipinski definition) is 1. The van der Waals surface area contributed by atoms with Crippen LogP contribution in [0, 0.1) is 0 Å². The molecule has 0 spiro atoms. The molecule has 2 aliphatic rings. The quantitative estimate of drug-likeness (QED) is 0.769. The summed E-state index contributed by atoms with van der Waals surface area (Å²) in [5.41, 5.74) is 2.40. The minimum Gasteiger partial charge on any atom is -0.378 e. The van der Waals surface area contributed by atoms with Gasteiger partial charge in [-0.05, 0) is 43.8 Å². The number of morpholine rings is 1. The average Bonchev–Trinajstić information content (AvgIpc) is 2.64. The van der Waals surface area contributed by atoms with Crippen LogP contribution in [0.25, 0.3) is 0 Å². The van der Waals surface area contributed by atoms with Crippen LogP contribution in [0.4, 0.5) is 0 Å². The van der Waals surface area contributed by atoms with Crippen molar-refractivity contribution in [1.82, 2.24) is 15.1 Å². The van der Waals surface area contributed by atoms with Crippen LogP contribution in [-0.2, 0) is 9.53 Å². The molecule has 1 aromatic rings. The van der Waals surface area contributed by atoms with E-state index in [2.05, 4.69) is 5.32 Å². The number of carbonyl (C=O) groups excluding carboxylic acids is 1. The molecule has 140 valence electrons. The molecule has 5 nitrogen and oxygen atoms in total. The van der Waals surface area contributed by atoms with Crippen molar-refractivity contribution in [2.45, 2.75) is 19.9 Å². The maximum Gasteiger partial charge on any atom is 0.254 e. The zero-order chi connectivity index (χ0) is 18.8.